The summed E-state index contributed by atoms with van der Waals surface area (Å²) in [4.78, 5) is 42.3. The summed E-state index contributed by atoms with van der Waals surface area (Å²) in [7, 11) is 1.31. The molecule has 0 spiro atoms. The van der Waals surface area contributed by atoms with Crippen LogP contribution in [0.15, 0.2) is 54.7 Å². The lowest BCUT2D eigenvalue weighted by Gasteiger charge is -2.21. The van der Waals surface area contributed by atoms with E-state index in [1.165, 1.54) is 23.9 Å². The molecule has 2 bridgehead atoms. The number of methoxy groups -OCH3 is 1. The smallest absolute Gasteiger partial charge is 0.411 e. The van der Waals surface area contributed by atoms with E-state index in [1.807, 2.05) is 6.07 Å². The van der Waals surface area contributed by atoms with Crippen molar-refractivity contribution < 1.29 is 28.2 Å². The molecule has 3 heterocycles. The normalized spacial score (nSPS) is 14.9. The molecule has 1 aliphatic heterocycles. The Balaban J connectivity index is 1.46. The average molecular weight is 593 g/mol. The molecule has 2 aromatic carbocycles. The number of hydrogen-bond donors (Lipinski definition) is 2. The van der Waals surface area contributed by atoms with Gasteiger partial charge < -0.3 is 14.8 Å². The monoisotopic (exact) mass is 592 g/mol. The summed E-state index contributed by atoms with van der Waals surface area (Å²) < 4.78 is 26.0. The van der Waals surface area contributed by atoms with Gasteiger partial charge in [-0.15, -0.1) is 5.10 Å². The second-order valence-electron chi connectivity index (χ2n) is 9.54. The van der Waals surface area contributed by atoms with Gasteiger partial charge in [-0.1, -0.05) is 35.0 Å². The van der Waals surface area contributed by atoms with Gasteiger partial charge in [-0.2, -0.15) is 0 Å². The lowest BCUT2D eigenvalue weighted by atomic mass is 9.98. The minimum Gasteiger partial charge on any atom is -0.469 e. The van der Waals surface area contributed by atoms with E-state index in [1.54, 1.807) is 43.5 Å². The molecule has 0 fully saturated rings. The Bertz CT molecular complexity index is 1680. The fourth-order valence-corrected chi connectivity index (χ4v) is 4.81. The topological polar surface area (TPSA) is 137 Å². The van der Waals surface area contributed by atoms with E-state index in [0.29, 0.717) is 41.0 Å². The highest BCUT2D eigenvalue weighted by atomic mass is 35.5. The highest BCUT2D eigenvalue weighted by Gasteiger charge is 2.24. The summed E-state index contributed by atoms with van der Waals surface area (Å²) in [5, 5.41) is 13.6. The third-order valence-electron chi connectivity index (χ3n) is 6.79. The number of fused-ring (bicyclic) bond motifs is 4. The van der Waals surface area contributed by atoms with Crippen LogP contribution in [0.3, 0.4) is 0 Å². The molecule has 42 heavy (non-hydrogen) atoms. The van der Waals surface area contributed by atoms with Crippen LogP contribution in [0.25, 0.3) is 16.8 Å². The molecule has 0 saturated carbocycles. The van der Waals surface area contributed by atoms with Gasteiger partial charge in [0, 0.05) is 11.8 Å². The first-order chi connectivity index (χ1) is 20.2. The molecule has 2 aromatic heterocycles. The third kappa shape index (κ3) is 6.08. The summed E-state index contributed by atoms with van der Waals surface area (Å²) in [5.41, 5.74) is 3.44. The number of rotatable bonds is 5. The zero-order valence-corrected chi connectivity index (χ0v) is 23.4. The summed E-state index contributed by atoms with van der Waals surface area (Å²) in [6, 6.07) is 12.7. The number of aromatic nitrogens is 4. The molecule has 1 atom stereocenters. The molecule has 2 amide bonds. The summed E-state index contributed by atoms with van der Waals surface area (Å²) >= 11 is 5.92. The van der Waals surface area contributed by atoms with Crippen LogP contribution in [-0.4, -0.2) is 51.7 Å². The number of amides is 2. The van der Waals surface area contributed by atoms with Crippen molar-refractivity contribution in [3.8, 4) is 16.8 Å². The number of benzene rings is 2. The van der Waals surface area contributed by atoms with Gasteiger partial charge in [0.1, 0.15) is 5.69 Å². The van der Waals surface area contributed by atoms with Gasteiger partial charge in [0.05, 0.1) is 48.3 Å². The summed E-state index contributed by atoms with van der Waals surface area (Å²) in [6.45, 7) is 1.69. The van der Waals surface area contributed by atoms with Crippen LogP contribution in [0.4, 0.5) is 14.9 Å². The molecule has 2 N–H and O–H groups in total. The van der Waals surface area contributed by atoms with E-state index >= 15 is 0 Å². The number of cyclic esters (lactones) is 1. The Labute approximate surface area is 245 Å². The van der Waals surface area contributed by atoms with E-state index in [0.717, 1.165) is 5.56 Å². The van der Waals surface area contributed by atoms with Crippen molar-refractivity contribution in [2.24, 2.45) is 0 Å². The number of nitrogens with one attached hydrogen (secondary N) is 2. The second-order valence-corrected chi connectivity index (χ2v) is 9.95. The molecule has 1 aliphatic rings. The lowest BCUT2D eigenvalue weighted by molar-refractivity contribution is -0.139. The van der Waals surface area contributed by atoms with Crippen LogP contribution >= 0.6 is 11.6 Å². The van der Waals surface area contributed by atoms with E-state index in [9.17, 15) is 18.8 Å². The van der Waals surface area contributed by atoms with Crippen molar-refractivity contribution in [2.45, 2.75) is 32.2 Å². The highest BCUT2D eigenvalue weighted by molar-refractivity contribution is 6.30. The van der Waals surface area contributed by atoms with Crippen LogP contribution in [0, 0.1) is 12.7 Å². The van der Waals surface area contributed by atoms with Gasteiger partial charge in [-0.3, -0.25) is 19.9 Å². The number of halogens is 2. The van der Waals surface area contributed by atoms with Gasteiger partial charge in [0.2, 0.25) is 0 Å². The number of carbonyl (C=O) groups is 3. The van der Waals surface area contributed by atoms with Crippen LogP contribution in [0.5, 0.6) is 0 Å². The van der Waals surface area contributed by atoms with Gasteiger partial charge in [0.15, 0.2) is 11.5 Å². The Morgan fingerprint density at radius 2 is 2.07 bits per heavy atom. The minimum atomic E-state index is -0.679. The van der Waals surface area contributed by atoms with Crippen LogP contribution < -0.4 is 10.6 Å². The predicted molar refractivity (Wildman–Crippen MR) is 151 cm³/mol. The quantitative estimate of drug-likeness (QED) is 0.310. The first kappa shape index (κ1) is 28.7. The largest absolute Gasteiger partial charge is 0.469 e. The molecular weight excluding hydrogens is 567 g/mol. The second kappa shape index (κ2) is 12.4. The highest BCUT2D eigenvalue weighted by Crippen LogP contribution is 2.32. The number of hydrogen-bond acceptors (Lipinski definition) is 8. The van der Waals surface area contributed by atoms with Crippen molar-refractivity contribution in [3.05, 3.63) is 88.2 Å². The number of anilines is 1. The van der Waals surface area contributed by atoms with Crippen molar-refractivity contribution in [1.29, 1.82) is 0 Å². The van der Waals surface area contributed by atoms with E-state index in [-0.39, 0.29) is 29.4 Å². The Kier molecular flexibility index (Phi) is 8.43. The first-order valence-corrected chi connectivity index (χ1v) is 13.4. The summed E-state index contributed by atoms with van der Waals surface area (Å²) in [6.07, 6.45) is 1.81. The number of ether oxygens (including phenoxy) is 2. The standard InChI is InChI=1S/C29H26ClFN6O5/c1-16-27(35-36-37(16)24-7-3-5-20(30)26(24)31)28(39)33-21-6-4-12-42-29(40)34-22-13-17(14-25(38)41-2)8-9-19(22)18-10-11-32-23(21)15-18/h3,5,7-11,13,15,21H,4,6,12,14H2,1-2H3,(H,33,39)(H,34,40)/t21-/m0/s1. The molecular formula is C29H26ClFN6O5. The van der Waals surface area contributed by atoms with Crippen molar-refractivity contribution in [2.75, 3.05) is 19.0 Å². The first-order valence-electron chi connectivity index (χ1n) is 13.0. The van der Waals surface area contributed by atoms with E-state index in [4.69, 9.17) is 21.1 Å². The molecule has 216 valence electrons. The number of esters is 1. The van der Waals surface area contributed by atoms with Crippen LogP contribution in [-0.2, 0) is 20.7 Å². The number of carbonyl (C=O) groups excluding carboxylic acids is 3. The maximum Gasteiger partial charge on any atom is 0.411 e. The van der Waals surface area contributed by atoms with E-state index in [2.05, 4.69) is 25.9 Å². The molecule has 13 heteroatoms. The van der Waals surface area contributed by atoms with Gasteiger partial charge in [-0.05, 0) is 61.2 Å². The van der Waals surface area contributed by atoms with Crippen molar-refractivity contribution >= 4 is 35.3 Å². The average Bonchev–Trinajstić information content (AvgIpc) is 3.36. The zero-order chi connectivity index (χ0) is 29.8. The summed E-state index contributed by atoms with van der Waals surface area (Å²) in [5.74, 6) is -1.62. The number of pyridine rings is 1. The maximum atomic E-state index is 14.6. The molecule has 5 rings (SSSR count). The SMILES string of the molecule is COC(=O)Cc1ccc2c(c1)NC(=O)OCCC[C@H](NC(=O)c1nnn(-c3cccc(Cl)c3F)c1C)c1cc-2ccn1. The van der Waals surface area contributed by atoms with E-state index < -0.39 is 29.8 Å². The molecule has 0 unspecified atom stereocenters. The van der Waals surface area contributed by atoms with Gasteiger partial charge in [-0.25, -0.2) is 13.9 Å². The maximum absolute atomic E-state index is 14.6. The fraction of sp³-hybridized carbons (Fsp3) is 0.241. The Morgan fingerprint density at radius 1 is 1.24 bits per heavy atom. The van der Waals surface area contributed by atoms with Crippen molar-refractivity contribution in [1.82, 2.24) is 25.3 Å². The van der Waals surface area contributed by atoms with Gasteiger partial charge in [0.25, 0.3) is 5.91 Å². The van der Waals surface area contributed by atoms with Crippen LogP contribution in [0.2, 0.25) is 5.02 Å². The molecule has 4 aromatic rings. The molecule has 0 saturated heterocycles. The van der Waals surface area contributed by atoms with Crippen LogP contribution in [0.1, 0.15) is 46.3 Å². The lowest BCUT2D eigenvalue weighted by Crippen LogP contribution is -2.30. The van der Waals surface area contributed by atoms with Gasteiger partial charge >= 0.3 is 12.1 Å². The molecule has 11 nitrogen and oxygen atoms in total. The Morgan fingerprint density at radius 3 is 2.88 bits per heavy atom. The Hall–Kier alpha value is -4.84. The zero-order valence-electron chi connectivity index (χ0n) is 22.7. The fourth-order valence-electron chi connectivity index (χ4n) is 4.64. The van der Waals surface area contributed by atoms with Crippen molar-refractivity contribution in [3.63, 3.8) is 0 Å². The molecule has 0 radical (unpaired) electrons. The minimum absolute atomic E-state index is 0.00996. The molecule has 0 aliphatic carbocycles. The number of nitrogens with zero attached hydrogens (tertiary/aromatic N) is 4. The predicted octanol–water partition coefficient (Wildman–Crippen LogP) is 4.96. The third-order valence-corrected chi connectivity index (χ3v) is 7.08.